The van der Waals surface area contributed by atoms with E-state index in [9.17, 15) is 0 Å². The molecule has 2 N–H and O–H groups in total. The average Bonchev–Trinajstić information content (AvgIpc) is 3.32. The number of hydrogen-bond donors (Lipinski definition) is 2. The van der Waals surface area contributed by atoms with Crippen LogP contribution >= 0.6 is 39.9 Å². The van der Waals surface area contributed by atoms with E-state index in [4.69, 9.17) is 18.9 Å². The summed E-state index contributed by atoms with van der Waals surface area (Å²) in [6.07, 6.45) is 3.48. The summed E-state index contributed by atoms with van der Waals surface area (Å²) in [5, 5.41) is 6.60. The molecule has 0 saturated carbocycles. The molecule has 27 heavy (non-hydrogen) atoms. The molecule has 1 saturated heterocycles. The SMILES string of the molecule is CN=C(NCCCOCC1CCCO1)NCc1cc(Br)c2c(c1)OCO2.I. The van der Waals surface area contributed by atoms with Gasteiger partial charge in [0.25, 0.3) is 0 Å². The summed E-state index contributed by atoms with van der Waals surface area (Å²) >= 11 is 3.51. The van der Waals surface area contributed by atoms with Crippen LogP contribution in [0.25, 0.3) is 0 Å². The fourth-order valence-electron chi connectivity index (χ4n) is 2.90. The monoisotopic (exact) mass is 555 g/mol. The second kappa shape index (κ2) is 11.9. The number of rotatable bonds is 8. The van der Waals surface area contributed by atoms with Crippen LogP contribution in [0.5, 0.6) is 11.5 Å². The Hall–Kier alpha value is -0.780. The van der Waals surface area contributed by atoms with Crippen molar-refractivity contribution in [3.63, 3.8) is 0 Å². The summed E-state index contributed by atoms with van der Waals surface area (Å²) < 4.78 is 22.9. The highest BCUT2D eigenvalue weighted by atomic mass is 127. The molecule has 1 aromatic carbocycles. The lowest BCUT2D eigenvalue weighted by Crippen LogP contribution is -2.37. The highest BCUT2D eigenvalue weighted by Crippen LogP contribution is 2.39. The molecule has 0 spiro atoms. The summed E-state index contributed by atoms with van der Waals surface area (Å²) in [4.78, 5) is 4.24. The van der Waals surface area contributed by atoms with Gasteiger partial charge in [-0.3, -0.25) is 4.99 Å². The third kappa shape index (κ3) is 6.95. The maximum absolute atomic E-state index is 5.66. The van der Waals surface area contributed by atoms with E-state index in [0.29, 0.717) is 19.3 Å². The first kappa shape index (κ1) is 22.5. The quantitative estimate of drug-likeness (QED) is 0.222. The second-order valence-electron chi connectivity index (χ2n) is 6.23. The lowest BCUT2D eigenvalue weighted by molar-refractivity contribution is 0.0168. The predicted octanol–water partition coefficient (Wildman–Crippen LogP) is 3.05. The van der Waals surface area contributed by atoms with Crippen LogP contribution in [0.2, 0.25) is 0 Å². The summed E-state index contributed by atoms with van der Waals surface area (Å²) in [5.74, 6) is 2.29. The molecule has 2 aliphatic rings. The number of benzene rings is 1. The number of nitrogens with zero attached hydrogens (tertiary/aromatic N) is 1. The van der Waals surface area contributed by atoms with Gasteiger partial charge in [-0.05, 0) is 52.9 Å². The Bertz CT molecular complexity index is 627. The van der Waals surface area contributed by atoms with Gasteiger partial charge in [-0.1, -0.05) is 0 Å². The summed E-state index contributed by atoms with van der Waals surface area (Å²) in [7, 11) is 1.76. The fourth-order valence-corrected chi connectivity index (χ4v) is 3.50. The van der Waals surface area contributed by atoms with Crippen molar-refractivity contribution in [2.24, 2.45) is 4.99 Å². The van der Waals surface area contributed by atoms with Gasteiger partial charge in [0.15, 0.2) is 17.5 Å². The number of halogens is 2. The van der Waals surface area contributed by atoms with Gasteiger partial charge in [0.05, 0.1) is 17.2 Å². The Kier molecular flexibility index (Phi) is 9.94. The molecule has 1 unspecified atom stereocenters. The van der Waals surface area contributed by atoms with Gasteiger partial charge in [-0.25, -0.2) is 0 Å². The molecule has 1 atom stereocenters. The van der Waals surface area contributed by atoms with Gasteiger partial charge in [-0.2, -0.15) is 0 Å². The van der Waals surface area contributed by atoms with E-state index in [-0.39, 0.29) is 30.8 Å². The Morgan fingerprint density at radius 3 is 3.00 bits per heavy atom. The standard InChI is InChI=1S/C18H26BrN3O4.HI/c1-20-18(21-5-3-6-23-11-14-4-2-7-24-14)22-10-13-8-15(19)17-16(9-13)25-12-26-17;/h8-9,14H,2-7,10-12H2,1H3,(H2,20,21,22);1H. The topological polar surface area (TPSA) is 73.3 Å². The van der Waals surface area contributed by atoms with Gasteiger partial charge < -0.3 is 29.6 Å². The molecule has 0 aliphatic carbocycles. The van der Waals surface area contributed by atoms with E-state index in [2.05, 4.69) is 31.6 Å². The molecule has 0 aromatic heterocycles. The lowest BCUT2D eigenvalue weighted by atomic mass is 10.2. The van der Waals surface area contributed by atoms with E-state index < -0.39 is 0 Å². The molecule has 9 heteroatoms. The largest absolute Gasteiger partial charge is 0.454 e. The Labute approximate surface area is 185 Å². The molecule has 7 nitrogen and oxygen atoms in total. The van der Waals surface area contributed by atoms with Crippen molar-refractivity contribution in [2.45, 2.75) is 31.9 Å². The van der Waals surface area contributed by atoms with Gasteiger partial charge in [-0.15, -0.1) is 24.0 Å². The van der Waals surface area contributed by atoms with Crippen molar-refractivity contribution >= 4 is 45.9 Å². The summed E-state index contributed by atoms with van der Waals surface area (Å²) in [6, 6.07) is 4.00. The van der Waals surface area contributed by atoms with Crippen LogP contribution in [0.1, 0.15) is 24.8 Å². The first-order valence-corrected chi connectivity index (χ1v) is 9.77. The first-order chi connectivity index (χ1) is 12.8. The minimum absolute atomic E-state index is 0. The van der Waals surface area contributed by atoms with Crippen molar-refractivity contribution < 1.29 is 18.9 Å². The first-order valence-electron chi connectivity index (χ1n) is 8.98. The zero-order valence-corrected chi connectivity index (χ0v) is 19.4. The number of ether oxygens (including phenoxy) is 4. The van der Waals surface area contributed by atoms with Crippen molar-refractivity contribution in [3.8, 4) is 11.5 Å². The zero-order valence-electron chi connectivity index (χ0n) is 15.5. The Morgan fingerprint density at radius 1 is 1.33 bits per heavy atom. The molecule has 3 rings (SSSR count). The highest BCUT2D eigenvalue weighted by molar-refractivity contribution is 14.0. The van der Waals surface area contributed by atoms with Crippen LogP contribution in [-0.4, -0.2) is 52.3 Å². The van der Waals surface area contributed by atoms with Crippen molar-refractivity contribution in [3.05, 3.63) is 22.2 Å². The number of nitrogens with one attached hydrogen (secondary N) is 2. The molecule has 0 radical (unpaired) electrons. The number of fused-ring (bicyclic) bond motifs is 1. The minimum Gasteiger partial charge on any atom is -0.454 e. The van der Waals surface area contributed by atoms with Crippen molar-refractivity contribution in [2.75, 3.05) is 40.2 Å². The van der Waals surface area contributed by atoms with Crippen LogP contribution in [0, 0.1) is 0 Å². The van der Waals surface area contributed by atoms with E-state index in [1.54, 1.807) is 7.05 Å². The van der Waals surface area contributed by atoms with Crippen molar-refractivity contribution in [1.82, 2.24) is 10.6 Å². The lowest BCUT2D eigenvalue weighted by Gasteiger charge is -2.13. The number of aliphatic imine (C=N–C) groups is 1. The number of hydrogen-bond acceptors (Lipinski definition) is 5. The molecule has 0 bridgehead atoms. The third-order valence-electron chi connectivity index (χ3n) is 4.26. The summed E-state index contributed by atoms with van der Waals surface area (Å²) in [5.41, 5.74) is 1.09. The molecule has 1 fully saturated rings. The fraction of sp³-hybridized carbons (Fsp3) is 0.611. The Morgan fingerprint density at radius 2 is 2.22 bits per heavy atom. The van der Waals surface area contributed by atoms with E-state index in [1.807, 2.05) is 12.1 Å². The van der Waals surface area contributed by atoms with Gasteiger partial charge in [0.1, 0.15) is 0 Å². The van der Waals surface area contributed by atoms with Gasteiger partial charge in [0.2, 0.25) is 6.79 Å². The maximum atomic E-state index is 5.66. The van der Waals surface area contributed by atoms with Gasteiger partial charge in [0, 0.05) is 33.4 Å². The van der Waals surface area contributed by atoms with Crippen LogP contribution in [0.15, 0.2) is 21.6 Å². The van der Waals surface area contributed by atoms with Crippen molar-refractivity contribution in [1.29, 1.82) is 0 Å². The molecule has 1 aromatic rings. The molecular formula is C18H27BrIN3O4. The molecule has 2 heterocycles. The molecule has 2 aliphatic heterocycles. The average molecular weight is 556 g/mol. The molecule has 152 valence electrons. The van der Waals surface area contributed by atoms with Gasteiger partial charge >= 0.3 is 0 Å². The molecule has 0 amide bonds. The maximum Gasteiger partial charge on any atom is 0.231 e. The zero-order chi connectivity index (χ0) is 18.2. The van der Waals surface area contributed by atoms with Crippen LogP contribution < -0.4 is 20.1 Å². The van der Waals surface area contributed by atoms with E-state index in [0.717, 1.165) is 66.5 Å². The number of guanidine groups is 1. The normalized spacial score (nSPS) is 18.3. The summed E-state index contributed by atoms with van der Waals surface area (Å²) in [6.45, 7) is 4.01. The van der Waals surface area contributed by atoms with Crippen LogP contribution in [0.4, 0.5) is 0 Å². The van der Waals surface area contributed by atoms with Crippen LogP contribution in [0.3, 0.4) is 0 Å². The Balaban J connectivity index is 0.00000261. The highest BCUT2D eigenvalue weighted by Gasteiger charge is 2.18. The molecular weight excluding hydrogens is 529 g/mol. The third-order valence-corrected chi connectivity index (χ3v) is 4.85. The predicted molar refractivity (Wildman–Crippen MR) is 118 cm³/mol. The van der Waals surface area contributed by atoms with Crippen LogP contribution in [-0.2, 0) is 16.0 Å². The van der Waals surface area contributed by atoms with E-state index in [1.165, 1.54) is 0 Å². The smallest absolute Gasteiger partial charge is 0.231 e. The second-order valence-corrected chi connectivity index (χ2v) is 7.08. The van der Waals surface area contributed by atoms with E-state index >= 15 is 0 Å². The minimum atomic E-state index is 0.